The third kappa shape index (κ3) is 5.29. The number of carboxylic acid groups (broad SMARTS) is 1. The molecule has 1 atom stereocenters. The molecule has 144 valence electrons. The summed E-state index contributed by atoms with van der Waals surface area (Å²) in [5, 5.41) is 11.1. The van der Waals surface area contributed by atoms with Crippen molar-refractivity contribution in [2.24, 2.45) is 0 Å². The van der Waals surface area contributed by atoms with Crippen LogP contribution in [0.25, 0.3) is 0 Å². The van der Waals surface area contributed by atoms with Crippen LogP contribution in [0.15, 0.2) is 29.2 Å². The first-order chi connectivity index (χ1) is 12.0. The molecule has 1 aromatic rings. The number of carbonyl (C=O) groups excluding carboxylic acids is 2. The largest absolute Gasteiger partial charge is 0.480 e. The number of carboxylic acids is 1. The molecular formula is C17H24N2O6S. The topological polar surface area (TPSA) is 121 Å². The maximum atomic E-state index is 12.7. The highest BCUT2D eigenvalue weighted by Gasteiger charge is 2.27. The number of rotatable bonds is 8. The Hall–Kier alpha value is -2.42. The van der Waals surface area contributed by atoms with Crippen molar-refractivity contribution in [2.75, 3.05) is 13.1 Å². The Kier molecular flexibility index (Phi) is 7.31. The molecule has 0 bridgehead atoms. The van der Waals surface area contributed by atoms with Crippen LogP contribution < -0.4 is 5.32 Å². The summed E-state index contributed by atoms with van der Waals surface area (Å²) in [5.41, 5.74) is 0.170. The molecule has 0 aromatic heterocycles. The third-order valence-corrected chi connectivity index (χ3v) is 6.03. The lowest BCUT2D eigenvalue weighted by molar-refractivity contribution is -0.141. The molecule has 0 spiro atoms. The zero-order valence-corrected chi connectivity index (χ0v) is 16.0. The maximum Gasteiger partial charge on any atom is 0.326 e. The first kappa shape index (κ1) is 21.6. The van der Waals surface area contributed by atoms with Crippen molar-refractivity contribution >= 4 is 27.6 Å². The van der Waals surface area contributed by atoms with Crippen molar-refractivity contribution in [3.8, 4) is 0 Å². The number of hydrogen-bond acceptors (Lipinski definition) is 5. The van der Waals surface area contributed by atoms with Crippen LogP contribution >= 0.6 is 0 Å². The molecule has 0 aliphatic rings. The number of nitrogens with zero attached hydrogens (tertiary/aromatic N) is 1. The standard InChI is InChI=1S/C17H24N2O6S/c1-11(2)26(24,25)15-7-5-14(6-8-15)16(21)19(12(3)17(22)23)10-9-18-13(4)20/h5-8,11-12H,9-10H2,1-4H3,(H,18,20)(H,22,23). The van der Waals surface area contributed by atoms with E-state index in [0.29, 0.717) is 0 Å². The molecule has 0 aliphatic carbocycles. The fourth-order valence-corrected chi connectivity index (χ4v) is 3.24. The highest BCUT2D eigenvalue weighted by molar-refractivity contribution is 7.92. The molecule has 26 heavy (non-hydrogen) atoms. The molecule has 9 heteroatoms. The zero-order chi connectivity index (χ0) is 20.1. The van der Waals surface area contributed by atoms with Crippen molar-refractivity contribution in [1.29, 1.82) is 0 Å². The fraction of sp³-hybridized carbons (Fsp3) is 0.471. The quantitative estimate of drug-likeness (QED) is 0.687. The fourth-order valence-electron chi connectivity index (χ4n) is 2.18. The van der Waals surface area contributed by atoms with Gasteiger partial charge in [-0.05, 0) is 45.0 Å². The van der Waals surface area contributed by atoms with Crippen molar-refractivity contribution in [3.63, 3.8) is 0 Å². The lowest BCUT2D eigenvalue weighted by Crippen LogP contribution is -2.46. The summed E-state index contributed by atoms with van der Waals surface area (Å²) < 4.78 is 24.3. The van der Waals surface area contributed by atoms with Gasteiger partial charge in [-0.1, -0.05) is 0 Å². The predicted octanol–water partition coefficient (Wildman–Crippen LogP) is 0.920. The van der Waals surface area contributed by atoms with Crippen LogP contribution in [-0.2, 0) is 19.4 Å². The highest BCUT2D eigenvalue weighted by Crippen LogP contribution is 2.18. The van der Waals surface area contributed by atoms with Gasteiger partial charge in [-0.3, -0.25) is 9.59 Å². The minimum Gasteiger partial charge on any atom is -0.480 e. The van der Waals surface area contributed by atoms with Crippen LogP contribution in [0.3, 0.4) is 0 Å². The average molecular weight is 384 g/mol. The maximum absolute atomic E-state index is 12.7. The summed E-state index contributed by atoms with van der Waals surface area (Å²) in [5.74, 6) is -2.03. The first-order valence-electron chi connectivity index (χ1n) is 8.10. The Bertz CT molecular complexity index is 771. The smallest absolute Gasteiger partial charge is 0.326 e. The van der Waals surface area contributed by atoms with E-state index in [1.165, 1.54) is 38.1 Å². The summed E-state index contributed by atoms with van der Waals surface area (Å²) in [4.78, 5) is 36.1. The van der Waals surface area contributed by atoms with E-state index in [0.717, 1.165) is 4.90 Å². The number of nitrogens with one attached hydrogen (secondary N) is 1. The van der Waals surface area contributed by atoms with Crippen LogP contribution in [-0.4, -0.2) is 60.6 Å². The lowest BCUT2D eigenvalue weighted by Gasteiger charge is -2.26. The molecule has 1 rings (SSSR count). The number of carbonyl (C=O) groups is 3. The number of hydrogen-bond donors (Lipinski definition) is 2. The molecule has 1 aromatic carbocycles. The number of sulfone groups is 1. The van der Waals surface area contributed by atoms with E-state index >= 15 is 0 Å². The van der Waals surface area contributed by atoms with Gasteiger partial charge in [0.15, 0.2) is 9.84 Å². The van der Waals surface area contributed by atoms with Gasteiger partial charge in [0.2, 0.25) is 5.91 Å². The van der Waals surface area contributed by atoms with Crippen LogP contribution in [0.2, 0.25) is 0 Å². The second-order valence-electron chi connectivity index (χ2n) is 6.11. The lowest BCUT2D eigenvalue weighted by atomic mass is 10.1. The SMILES string of the molecule is CC(=O)NCCN(C(=O)c1ccc(S(=O)(=O)C(C)C)cc1)C(C)C(=O)O. The first-order valence-corrected chi connectivity index (χ1v) is 9.65. The van der Waals surface area contributed by atoms with Crippen molar-refractivity contribution < 1.29 is 27.9 Å². The van der Waals surface area contributed by atoms with Crippen LogP contribution in [0.4, 0.5) is 0 Å². The average Bonchev–Trinajstić information content (AvgIpc) is 2.57. The Morgan fingerprint density at radius 2 is 1.65 bits per heavy atom. The van der Waals surface area contributed by atoms with Gasteiger partial charge in [0.1, 0.15) is 6.04 Å². The van der Waals surface area contributed by atoms with E-state index in [2.05, 4.69) is 5.32 Å². The molecule has 0 fully saturated rings. The minimum atomic E-state index is -3.46. The summed E-state index contributed by atoms with van der Waals surface area (Å²) in [6.07, 6.45) is 0. The van der Waals surface area contributed by atoms with Gasteiger partial charge in [-0.2, -0.15) is 0 Å². The monoisotopic (exact) mass is 384 g/mol. The molecule has 0 saturated heterocycles. The van der Waals surface area contributed by atoms with Crippen LogP contribution in [0.5, 0.6) is 0 Å². The highest BCUT2D eigenvalue weighted by atomic mass is 32.2. The van der Waals surface area contributed by atoms with Crippen LogP contribution in [0, 0.1) is 0 Å². The Morgan fingerprint density at radius 1 is 1.12 bits per heavy atom. The summed E-state index contributed by atoms with van der Waals surface area (Å²) in [6, 6.07) is 4.28. The Labute approximate surface area is 153 Å². The van der Waals surface area contributed by atoms with Gasteiger partial charge in [-0.25, -0.2) is 13.2 Å². The molecule has 8 nitrogen and oxygen atoms in total. The number of benzene rings is 1. The molecule has 0 saturated carbocycles. The van der Waals surface area contributed by atoms with Gasteiger partial charge < -0.3 is 15.3 Å². The summed E-state index contributed by atoms with van der Waals surface area (Å²) in [7, 11) is -3.46. The van der Waals surface area contributed by atoms with Crippen molar-refractivity contribution in [3.05, 3.63) is 29.8 Å². The molecule has 2 N–H and O–H groups in total. The van der Waals surface area contributed by atoms with E-state index in [1.807, 2.05) is 0 Å². The molecular weight excluding hydrogens is 360 g/mol. The summed E-state index contributed by atoms with van der Waals surface area (Å²) in [6.45, 7) is 5.93. The van der Waals surface area contributed by atoms with Crippen LogP contribution in [0.1, 0.15) is 38.1 Å². The molecule has 0 aliphatic heterocycles. The normalized spacial score (nSPS) is 12.5. The third-order valence-electron chi connectivity index (χ3n) is 3.86. The van der Waals surface area contributed by atoms with E-state index in [1.54, 1.807) is 13.8 Å². The second kappa shape index (κ2) is 8.79. The van der Waals surface area contributed by atoms with E-state index in [9.17, 15) is 27.9 Å². The van der Waals surface area contributed by atoms with Crippen molar-refractivity contribution in [1.82, 2.24) is 10.2 Å². The van der Waals surface area contributed by atoms with E-state index < -0.39 is 33.0 Å². The Morgan fingerprint density at radius 3 is 2.08 bits per heavy atom. The zero-order valence-electron chi connectivity index (χ0n) is 15.2. The number of aliphatic carboxylic acids is 1. The van der Waals surface area contributed by atoms with Gasteiger partial charge in [0.05, 0.1) is 10.1 Å². The molecule has 2 amide bonds. The van der Waals surface area contributed by atoms with Gasteiger partial charge >= 0.3 is 5.97 Å². The van der Waals surface area contributed by atoms with Gasteiger partial charge in [0, 0.05) is 25.6 Å². The van der Waals surface area contributed by atoms with Crippen molar-refractivity contribution in [2.45, 2.75) is 43.9 Å². The van der Waals surface area contributed by atoms with Gasteiger partial charge in [0.25, 0.3) is 5.91 Å². The molecule has 0 radical (unpaired) electrons. The Balaban J connectivity index is 3.07. The van der Waals surface area contributed by atoms with E-state index in [-0.39, 0.29) is 29.5 Å². The minimum absolute atomic E-state index is 0.0118. The number of amides is 2. The summed E-state index contributed by atoms with van der Waals surface area (Å²) >= 11 is 0. The predicted molar refractivity (Wildman–Crippen MR) is 95.6 cm³/mol. The second-order valence-corrected chi connectivity index (χ2v) is 8.62. The van der Waals surface area contributed by atoms with E-state index in [4.69, 9.17) is 0 Å². The molecule has 0 heterocycles. The molecule has 1 unspecified atom stereocenters. The van der Waals surface area contributed by atoms with Gasteiger partial charge in [-0.15, -0.1) is 0 Å².